The maximum Gasteiger partial charge on any atom is 0.416 e. The van der Waals surface area contributed by atoms with Crippen molar-refractivity contribution in [1.29, 1.82) is 0 Å². The van der Waals surface area contributed by atoms with Gasteiger partial charge in [-0.2, -0.15) is 18.2 Å². The van der Waals surface area contributed by atoms with E-state index in [-0.39, 0.29) is 15.3 Å². The van der Waals surface area contributed by atoms with Crippen molar-refractivity contribution in [3.63, 3.8) is 0 Å². The molecule has 0 bridgehead atoms. The van der Waals surface area contributed by atoms with E-state index in [1.165, 1.54) is 7.05 Å². The third-order valence-electron chi connectivity index (χ3n) is 2.24. The highest BCUT2D eigenvalue weighted by Crippen LogP contribution is 2.34. The lowest BCUT2D eigenvalue weighted by Crippen LogP contribution is -2.33. The Morgan fingerprint density at radius 1 is 1.29 bits per heavy atom. The summed E-state index contributed by atoms with van der Waals surface area (Å²) in [5.74, 6) is 0. The molecule has 0 fully saturated rings. The highest BCUT2D eigenvalue weighted by atomic mass is 35.5. The Bertz CT molecular complexity index is 802. The van der Waals surface area contributed by atoms with Crippen LogP contribution in [0.1, 0.15) is 5.56 Å². The third-order valence-corrected chi connectivity index (χ3v) is 3.40. The van der Waals surface area contributed by atoms with Crippen molar-refractivity contribution in [2.75, 3.05) is 0 Å². The summed E-state index contributed by atoms with van der Waals surface area (Å²) < 4.78 is 39.1. The van der Waals surface area contributed by atoms with Gasteiger partial charge in [0, 0.05) is 7.05 Å². The topological polar surface area (TPSA) is 80.6 Å². The average Bonchev–Trinajstić information content (AvgIpc) is 2.34. The first-order valence-corrected chi connectivity index (χ1v) is 6.46. The molecule has 2 heterocycles. The van der Waals surface area contributed by atoms with Gasteiger partial charge in [0.15, 0.2) is 5.16 Å². The van der Waals surface area contributed by atoms with Crippen molar-refractivity contribution in [2.24, 2.45) is 7.05 Å². The molecule has 0 aliphatic heterocycles. The Balaban J connectivity index is 2.45. The van der Waals surface area contributed by atoms with E-state index < -0.39 is 22.9 Å². The number of aromatic nitrogens is 4. The number of nitrogens with zero attached hydrogens (tertiary/aromatic N) is 3. The minimum atomic E-state index is -4.58. The van der Waals surface area contributed by atoms with Crippen LogP contribution in [0.15, 0.2) is 31.9 Å². The van der Waals surface area contributed by atoms with Crippen molar-refractivity contribution >= 4 is 23.4 Å². The van der Waals surface area contributed by atoms with Gasteiger partial charge in [-0.05, 0) is 23.9 Å². The fourth-order valence-electron chi connectivity index (χ4n) is 1.33. The molecule has 0 aromatic carbocycles. The Kier molecular flexibility index (Phi) is 4.10. The van der Waals surface area contributed by atoms with Crippen molar-refractivity contribution in [1.82, 2.24) is 19.7 Å². The predicted octanol–water partition coefficient (Wildman–Crippen LogP) is 1.69. The molecule has 2 aromatic heterocycles. The largest absolute Gasteiger partial charge is 0.416 e. The van der Waals surface area contributed by atoms with Gasteiger partial charge in [-0.25, -0.2) is 4.98 Å². The van der Waals surface area contributed by atoms with Crippen LogP contribution in [0.25, 0.3) is 0 Å². The molecule has 0 saturated carbocycles. The van der Waals surface area contributed by atoms with Crippen LogP contribution in [0.2, 0.25) is 5.15 Å². The number of nitrogens with one attached hydrogen (secondary N) is 1. The number of pyridine rings is 1. The summed E-state index contributed by atoms with van der Waals surface area (Å²) in [6.45, 7) is 0. The summed E-state index contributed by atoms with van der Waals surface area (Å²) in [6.07, 6.45) is -4.58. The molecule has 21 heavy (non-hydrogen) atoms. The van der Waals surface area contributed by atoms with Gasteiger partial charge in [-0.15, -0.1) is 0 Å². The Morgan fingerprint density at radius 3 is 2.57 bits per heavy atom. The summed E-state index contributed by atoms with van der Waals surface area (Å²) in [7, 11) is 1.38. The van der Waals surface area contributed by atoms with Crippen LogP contribution in [0.4, 0.5) is 13.2 Å². The number of halogens is 4. The minimum absolute atomic E-state index is 0.0255. The van der Waals surface area contributed by atoms with E-state index in [4.69, 9.17) is 11.6 Å². The fourth-order valence-corrected chi connectivity index (χ4v) is 2.42. The maximum absolute atomic E-state index is 12.7. The molecule has 0 radical (unpaired) electrons. The lowest BCUT2D eigenvalue weighted by atomic mass is 10.3. The molecule has 0 amide bonds. The Morgan fingerprint density at radius 2 is 1.95 bits per heavy atom. The number of aryl methyl sites for hydroxylation is 1. The second-order valence-corrected chi connectivity index (χ2v) is 5.19. The lowest BCUT2D eigenvalue weighted by Gasteiger charge is -2.09. The first-order valence-electron chi connectivity index (χ1n) is 5.27. The SMILES string of the molecule is Cn1[nH]c(=O)c(=O)nc1Sc1cc(C(F)(F)F)cc(Cl)n1. The van der Waals surface area contributed by atoms with Crippen LogP contribution in [0.5, 0.6) is 0 Å². The maximum atomic E-state index is 12.7. The Labute approximate surface area is 124 Å². The van der Waals surface area contributed by atoms with E-state index in [0.29, 0.717) is 17.8 Å². The predicted molar refractivity (Wildman–Crippen MR) is 68.5 cm³/mol. The van der Waals surface area contributed by atoms with E-state index >= 15 is 0 Å². The zero-order chi connectivity index (χ0) is 15.8. The van der Waals surface area contributed by atoms with Crippen molar-refractivity contribution in [2.45, 2.75) is 16.4 Å². The van der Waals surface area contributed by atoms with Gasteiger partial charge in [0.1, 0.15) is 10.2 Å². The first kappa shape index (κ1) is 15.6. The molecule has 6 nitrogen and oxygen atoms in total. The number of aromatic amines is 1. The Hall–Kier alpha value is -1.81. The van der Waals surface area contributed by atoms with Gasteiger partial charge in [-0.1, -0.05) is 11.6 Å². The van der Waals surface area contributed by atoms with Gasteiger partial charge in [0.25, 0.3) is 0 Å². The van der Waals surface area contributed by atoms with E-state index in [1.54, 1.807) is 0 Å². The van der Waals surface area contributed by atoms with Gasteiger partial charge in [0.05, 0.1) is 5.56 Å². The summed E-state index contributed by atoms with van der Waals surface area (Å²) >= 11 is 6.22. The van der Waals surface area contributed by atoms with Crippen LogP contribution >= 0.6 is 23.4 Å². The molecule has 0 saturated heterocycles. The first-order chi connectivity index (χ1) is 9.66. The molecule has 0 unspecified atom stereocenters. The van der Waals surface area contributed by atoms with Gasteiger partial charge < -0.3 is 0 Å². The molecule has 0 aliphatic carbocycles. The molecular formula is C10H6ClF3N4O2S. The molecule has 0 aliphatic rings. The summed E-state index contributed by atoms with van der Waals surface area (Å²) in [6, 6.07) is 1.46. The smallest absolute Gasteiger partial charge is 0.265 e. The van der Waals surface area contributed by atoms with Gasteiger partial charge >= 0.3 is 17.3 Å². The van der Waals surface area contributed by atoms with Crippen LogP contribution in [0.3, 0.4) is 0 Å². The summed E-state index contributed by atoms with van der Waals surface area (Å²) in [5.41, 5.74) is -2.95. The van der Waals surface area contributed by atoms with Crippen LogP contribution in [-0.2, 0) is 13.2 Å². The second-order valence-electron chi connectivity index (χ2n) is 3.82. The molecule has 0 atom stereocenters. The minimum Gasteiger partial charge on any atom is -0.265 e. The van der Waals surface area contributed by atoms with Crippen LogP contribution in [0, 0.1) is 0 Å². The van der Waals surface area contributed by atoms with E-state index in [9.17, 15) is 22.8 Å². The quantitative estimate of drug-likeness (QED) is 0.665. The third kappa shape index (κ3) is 3.64. The van der Waals surface area contributed by atoms with Gasteiger partial charge in [0.2, 0.25) is 0 Å². The summed E-state index contributed by atoms with van der Waals surface area (Å²) in [5, 5.41) is 1.69. The average molecular weight is 339 g/mol. The van der Waals surface area contributed by atoms with Crippen LogP contribution < -0.4 is 11.1 Å². The highest BCUT2D eigenvalue weighted by molar-refractivity contribution is 7.99. The normalized spacial score (nSPS) is 11.7. The molecule has 1 N–H and O–H groups in total. The lowest BCUT2D eigenvalue weighted by molar-refractivity contribution is -0.137. The zero-order valence-corrected chi connectivity index (χ0v) is 11.8. The second kappa shape index (κ2) is 5.53. The number of hydrogen-bond donors (Lipinski definition) is 1. The number of hydrogen-bond acceptors (Lipinski definition) is 5. The number of alkyl halides is 3. The number of rotatable bonds is 2. The number of H-pyrrole nitrogens is 1. The molecule has 2 aromatic rings. The van der Waals surface area contributed by atoms with Crippen molar-refractivity contribution in [3.8, 4) is 0 Å². The van der Waals surface area contributed by atoms with E-state index in [2.05, 4.69) is 15.1 Å². The fraction of sp³-hybridized carbons (Fsp3) is 0.200. The molecule has 11 heteroatoms. The monoisotopic (exact) mass is 338 g/mol. The summed E-state index contributed by atoms with van der Waals surface area (Å²) in [4.78, 5) is 29.4. The molecular weight excluding hydrogens is 333 g/mol. The van der Waals surface area contributed by atoms with Crippen molar-refractivity contribution in [3.05, 3.63) is 43.6 Å². The van der Waals surface area contributed by atoms with Crippen molar-refractivity contribution < 1.29 is 13.2 Å². The van der Waals surface area contributed by atoms with E-state index in [1.807, 2.05) is 0 Å². The molecule has 0 spiro atoms. The van der Waals surface area contributed by atoms with E-state index in [0.717, 1.165) is 10.7 Å². The zero-order valence-electron chi connectivity index (χ0n) is 10.2. The van der Waals surface area contributed by atoms with Crippen LogP contribution in [-0.4, -0.2) is 19.7 Å². The van der Waals surface area contributed by atoms with Gasteiger partial charge in [-0.3, -0.25) is 19.4 Å². The highest BCUT2D eigenvalue weighted by Gasteiger charge is 2.31. The standard InChI is InChI=1S/C10H6ClF3N4O2S/c1-18-9(16-7(19)8(20)17-18)21-6-3-4(10(12,13)14)2-5(11)15-6/h2-3H,1H3,(H,17,20). The molecule has 112 valence electrons. The molecule has 2 rings (SSSR count).